The van der Waals surface area contributed by atoms with Crippen LogP contribution >= 0.6 is 0 Å². The van der Waals surface area contributed by atoms with E-state index in [-0.39, 0.29) is 0 Å². The van der Waals surface area contributed by atoms with E-state index < -0.39 is 0 Å². The minimum absolute atomic E-state index is 0.725. The second-order valence-electron chi connectivity index (χ2n) is 8.01. The van der Waals surface area contributed by atoms with Crippen molar-refractivity contribution in [3.8, 4) is 0 Å². The van der Waals surface area contributed by atoms with Gasteiger partial charge in [-0.3, -0.25) is 10.1 Å². The van der Waals surface area contributed by atoms with Gasteiger partial charge in [0, 0.05) is 31.0 Å². The number of hydrogen-bond donors (Lipinski definition) is 1. The van der Waals surface area contributed by atoms with E-state index in [1.165, 1.54) is 34.5 Å². The van der Waals surface area contributed by atoms with Crippen LogP contribution in [0.4, 0.5) is 11.4 Å². The van der Waals surface area contributed by atoms with Gasteiger partial charge in [0.25, 0.3) is 0 Å². The van der Waals surface area contributed by atoms with E-state index in [1.54, 1.807) is 0 Å². The van der Waals surface area contributed by atoms with Crippen molar-refractivity contribution >= 4 is 17.1 Å². The summed E-state index contributed by atoms with van der Waals surface area (Å²) in [6, 6.07) is 4.45. The van der Waals surface area contributed by atoms with Gasteiger partial charge in [-0.2, -0.15) is 5.10 Å². The van der Waals surface area contributed by atoms with E-state index in [0.717, 1.165) is 48.7 Å². The van der Waals surface area contributed by atoms with Gasteiger partial charge in [-0.1, -0.05) is 26.3 Å². The molecule has 0 radical (unpaired) electrons. The van der Waals surface area contributed by atoms with Gasteiger partial charge >= 0.3 is 0 Å². The summed E-state index contributed by atoms with van der Waals surface area (Å²) in [5, 5.41) is 7.97. The molecule has 1 aromatic carbocycles. The SMILES string of the molecule is CCCC(=Nc1cc(N(C)C)c(C)cc1C)c1n[nH]c2c1CC(C)CC2. The van der Waals surface area contributed by atoms with Crippen molar-refractivity contribution in [3.63, 3.8) is 0 Å². The first kappa shape index (κ1) is 18.7. The van der Waals surface area contributed by atoms with Gasteiger partial charge in [0.1, 0.15) is 5.69 Å². The molecular formula is C22H32N4. The fraction of sp³-hybridized carbons (Fsp3) is 0.545. The lowest BCUT2D eigenvalue weighted by atomic mass is 9.86. The van der Waals surface area contributed by atoms with Crippen LogP contribution in [0.15, 0.2) is 17.1 Å². The topological polar surface area (TPSA) is 44.3 Å². The van der Waals surface area contributed by atoms with Crippen LogP contribution < -0.4 is 4.90 Å². The Kier molecular flexibility index (Phi) is 5.49. The fourth-order valence-electron chi connectivity index (χ4n) is 3.95. The van der Waals surface area contributed by atoms with Crippen molar-refractivity contribution in [2.24, 2.45) is 10.9 Å². The molecule has 0 amide bonds. The molecule has 0 spiro atoms. The Labute approximate surface area is 157 Å². The van der Waals surface area contributed by atoms with Gasteiger partial charge in [-0.25, -0.2) is 0 Å². The summed E-state index contributed by atoms with van der Waals surface area (Å²) >= 11 is 0. The van der Waals surface area contributed by atoms with E-state index in [9.17, 15) is 0 Å². The third kappa shape index (κ3) is 3.69. The first-order valence-corrected chi connectivity index (χ1v) is 9.83. The highest BCUT2D eigenvalue weighted by Gasteiger charge is 2.23. The lowest BCUT2D eigenvalue weighted by molar-refractivity contribution is 0.497. The number of aromatic nitrogens is 2. The molecule has 26 heavy (non-hydrogen) atoms. The van der Waals surface area contributed by atoms with Gasteiger partial charge in [-0.15, -0.1) is 0 Å². The van der Waals surface area contributed by atoms with Crippen LogP contribution in [0.5, 0.6) is 0 Å². The molecule has 4 nitrogen and oxygen atoms in total. The summed E-state index contributed by atoms with van der Waals surface area (Å²) in [5.41, 5.74) is 9.72. The fourth-order valence-corrected chi connectivity index (χ4v) is 3.95. The Morgan fingerprint density at radius 3 is 2.73 bits per heavy atom. The number of nitrogens with one attached hydrogen (secondary N) is 1. The number of rotatable bonds is 5. The normalized spacial score (nSPS) is 17.3. The van der Waals surface area contributed by atoms with E-state index in [4.69, 9.17) is 4.99 Å². The summed E-state index contributed by atoms with van der Waals surface area (Å²) in [5.74, 6) is 0.725. The number of benzene rings is 1. The minimum atomic E-state index is 0.725. The quantitative estimate of drug-likeness (QED) is 0.757. The van der Waals surface area contributed by atoms with Crippen LogP contribution in [0.2, 0.25) is 0 Å². The van der Waals surface area contributed by atoms with E-state index >= 15 is 0 Å². The van der Waals surface area contributed by atoms with E-state index in [1.807, 2.05) is 0 Å². The molecule has 1 heterocycles. The Hall–Kier alpha value is -2.10. The predicted molar refractivity (Wildman–Crippen MR) is 111 cm³/mol. The van der Waals surface area contributed by atoms with Gasteiger partial charge < -0.3 is 4.90 Å². The summed E-state index contributed by atoms with van der Waals surface area (Å²) < 4.78 is 0. The van der Waals surface area contributed by atoms with Crippen LogP contribution in [-0.2, 0) is 12.8 Å². The molecule has 1 atom stereocenters. The molecule has 140 valence electrons. The highest BCUT2D eigenvalue weighted by Crippen LogP contribution is 2.31. The van der Waals surface area contributed by atoms with Crippen LogP contribution in [0.25, 0.3) is 0 Å². The molecule has 1 aromatic heterocycles. The summed E-state index contributed by atoms with van der Waals surface area (Å²) in [4.78, 5) is 7.27. The van der Waals surface area contributed by atoms with Crippen molar-refractivity contribution in [3.05, 3.63) is 40.2 Å². The smallest absolute Gasteiger partial charge is 0.110 e. The zero-order valence-electron chi connectivity index (χ0n) is 17.1. The maximum Gasteiger partial charge on any atom is 0.110 e. The summed E-state index contributed by atoms with van der Waals surface area (Å²) in [6.45, 7) is 8.86. The number of H-pyrrole nitrogens is 1. The lowest BCUT2D eigenvalue weighted by Crippen LogP contribution is -2.14. The third-order valence-electron chi connectivity index (χ3n) is 5.40. The molecule has 0 saturated carbocycles. The molecule has 0 fully saturated rings. The number of nitrogens with zero attached hydrogens (tertiary/aromatic N) is 3. The van der Waals surface area contributed by atoms with Crippen molar-refractivity contribution < 1.29 is 0 Å². The molecule has 0 aliphatic heterocycles. The monoisotopic (exact) mass is 352 g/mol. The van der Waals surface area contributed by atoms with Crippen molar-refractivity contribution in [1.29, 1.82) is 0 Å². The molecule has 1 aliphatic carbocycles. The Balaban J connectivity index is 2.07. The maximum atomic E-state index is 5.12. The zero-order chi connectivity index (χ0) is 18.8. The van der Waals surface area contributed by atoms with E-state index in [0.29, 0.717) is 0 Å². The zero-order valence-corrected chi connectivity index (χ0v) is 17.1. The second-order valence-corrected chi connectivity index (χ2v) is 8.01. The van der Waals surface area contributed by atoms with Crippen LogP contribution in [0.3, 0.4) is 0 Å². The van der Waals surface area contributed by atoms with E-state index in [2.05, 4.69) is 69.0 Å². The predicted octanol–water partition coefficient (Wildman–Crippen LogP) is 5.14. The number of aromatic amines is 1. The van der Waals surface area contributed by atoms with Crippen molar-refractivity contribution in [1.82, 2.24) is 10.2 Å². The number of hydrogen-bond acceptors (Lipinski definition) is 3. The maximum absolute atomic E-state index is 5.12. The Morgan fingerprint density at radius 1 is 1.27 bits per heavy atom. The average molecular weight is 353 g/mol. The first-order chi connectivity index (χ1) is 12.4. The molecule has 0 saturated heterocycles. The molecule has 3 rings (SSSR count). The van der Waals surface area contributed by atoms with Crippen LogP contribution in [0, 0.1) is 19.8 Å². The highest BCUT2D eigenvalue weighted by molar-refractivity contribution is 6.02. The van der Waals surface area contributed by atoms with Crippen LogP contribution in [-0.4, -0.2) is 30.0 Å². The molecule has 2 aromatic rings. The minimum Gasteiger partial charge on any atom is -0.377 e. The number of aliphatic imine (C=N–C) groups is 1. The molecule has 1 aliphatic rings. The van der Waals surface area contributed by atoms with Gasteiger partial charge in [-0.05, 0) is 62.6 Å². The summed E-state index contributed by atoms with van der Waals surface area (Å²) in [7, 11) is 4.17. The molecule has 1 unspecified atom stereocenters. The largest absolute Gasteiger partial charge is 0.377 e. The third-order valence-corrected chi connectivity index (χ3v) is 5.40. The first-order valence-electron chi connectivity index (χ1n) is 9.83. The molecular weight excluding hydrogens is 320 g/mol. The molecule has 1 N–H and O–H groups in total. The van der Waals surface area contributed by atoms with Crippen molar-refractivity contribution in [2.45, 2.75) is 59.8 Å². The number of aryl methyl sites for hydroxylation is 3. The lowest BCUT2D eigenvalue weighted by Gasteiger charge is -2.19. The van der Waals surface area contributed by atoms with Gasteiger partial charge in [0.15, 0.2) is 0 Å². The molecule has 4 heteroatoms. The van der Waals surface area contributed by atoms with Crippen LogP contribution in [0.1, 0.15) is 61.2 Å². The standard InChI is InChI=1S/C22H32N4/c1-7-8-19(22-17-11-14(2)9-10-18(17)24-25-22)23-20-13-21(26(5)6)16(4)12-15(20)3/h12-14H,7-11H2,1-6H3,(H,24,25). The van der Waals surface area contributed by atoms with Gasteiger partial charge in [0.05, 0.1) is 11.4 Å². The second kappa shape index (κ2) is 7.65. The highest BCUT2D eigenvalue weighted by atomic mass is 15.1. The Morgan fingerprint density at radius 2 is 2.04 bits per heavy atom. The van der Waals surface area contributed by atoms with Crippen molar-refractivity contribution in [2.75, 3.05) is 19.0 Å². The average Bonchev–Trinajstić information content (AvgIpc) is 2.99. The summed E-state index contributed by atoms with van der Waals surface area (Å²) in [6.07, 6.45) is 5.49. The van der Waals surface area contributed by atoms with Gasteiger partial charge in [0.2, 0.25) is 0 Å². The molecule has 0 bridgehead atoms. The number of fused-ring (bicyclic) bond motifs is 1. The Bertz CT molecular complexity index is 814. The number of anilines is 1.